The van der Waals surface area contributed by atoms with Crippen LogP contribution in [0.5, 0.6) is 0 Å². The van der Waals surface area contributed by atoms with Gasteiger partial charge in [-0.05, 0) is 26.3 Å². The molecule has 0 saturated carbocycles. The quantitative estimate of drug-likeness (QED) is 0.600. The van der Waals surface area contributed by atoms with Gasteiger partial charge < -0.3 is 15.2 Å². The molecule has 0 aromatic carbocycles. The van der Waals surface area contributed by atoms with Crippen molar-refractivity contribution in [1.29, 1.82) is 0 Å². The Hall–Kier alpha value is -0.120. The van der Waals surface area contributed by atoms with Gasteiger partial charge in [0.15, 0.2) is 0 Å². The summed E-state index contributed by atoms with van der Waals surface area (Å²) in [6, 6.07) is 0. The lowest BCUT2D eigenvalue weighted by molar-refractivity contribution is 0.0983. The predicted molar refractivity (Wildman–Crippen MR) is 50.3 cm³/mol. The third-order valence-electron chi connectivity index (χ3n) is 1.93. The third-order valence-corrected chi connectivity index (χ3v) is 1.93. The Balaban J connectivity index is 3.80. The largest absolute Gasteiger partial charge is 0.396 e. The summed E-state index contributed by atoms with van der Waals surface area (Å²) in [5.74, 6) is 0. The summed E-state index contributed by atoms with van der Waals surface area (Å²) in [6.07, 6.45) is 1.84. The van der Waals surface area contributed by atoms with E-state index in [1.165, 1.54) is 0 Å². The standard InChI is InChI=1S/C9H21NO2/c1-4-6-10-9(2,5-7-11)8-12-3/h10-11H,4-8H2,1-3H3. The van der Waals surface area contributed by atoms with Crippen LogP contribution in [0, 0.1) is 0 Å². The summed E-state index contributed by atoms with van der Waals surface area (Å²) in [6.45, 7) is 6.02. The van der Waals surface area contributed by atoms with Crippen molar-refractivity contribution < 1.29 is 9.84 Å². The number of aliphatic hydroxyl groups excluding tert-OH is 1. The van der Waals surface area contributed by atoms with Gasteiger partial charge in [-0.1, -0.05) is 6.92 Å². The van der Waals surface area contributed by atoms with Crippen molar-refractivity contribution in [2.75, 3.05) is 26.9 Å². The van der Waals surface area contributed by atoms with E-state index in [-0.39, 0.29) is 12.1 Å². The molecule has 3 nitrogen and oxygen atoms in total. The molecule has 0 spiro atoms. The van der Waals surface area contributed by atoms with E-state index in [0.29, 0.717) is 6.61 Å². The summed E-state index contributed by atoms with van der Waals surface area (Å²) >= 11 is 0. The van der Waals surface area contributed by atoms with Gasteiger partial charge in [0.2, 0.25) is 0 Å². The highest BCUT2D eigenvalue weighted by Gasteiger charge is 2.21. The number of rotatable bonds is 7. The molecular formula is C9H21NO2. The Morgan fingerprint density at radius 2 is 2.17 bits per heavy atom. The summed E-state index contributed by atoms with van der Waals surface area (Å²) in [5, 5.41) is 12.2. The Morgan fingerprint density at radius 1 is 1.50 bits per heavy atom. The van der Waals surface area contributed by atoms with Crippen LogP contribution in [0.25, 0.3) is 0 Å². The fraction of sp³-hybridized carbons (Fsp3) is 1.00. The van der Waals surface area contributed by atoms with Crippen LogP contribution >= 0.6 is 0 Å². The summed E-state index contributed by atoms with van der Waals surface area (Å²) in [5.41, 5.74) is -0.0699. The van der Waals surface area contributed by atoms with E-state index >= 15 is 0 Å². The van der Waals surface area contributed by atoms with Crippen molar-refractivity contribution >= 4 is 0 Å². The molecule has 0 aliphatic heterocycles. The summed E-state index contributed by atoms with van der Waals surface area (Å²) < 4.78 is 5.08. The average Bonchev–Trinajstić information content (AvgIpc) is 2.02. The lowest BCUT2D eigenvalue weighted by Gasteiger charge is -2.29. The Morgan fingerprint density at radius 3 is 2.58 bits per heavy atom. The average molecular weight is 175 g/mol. The van der Waals surface area contributed by atoms with Crippen molar-refractivity contribution in [2.45, 2.75) is 32.2 Å². The van der Waals surface area contributed by atoms with Gasteiger partial charge in [0.25, 0.3) is 0 Å². The van der Waals surface area contributed by atoms with Crippen molar-refractivity contribution in [3.8, 4) is 0 Å². The van der Waals surface area contributed by atoms with Gasteiger partial charge in [0.1, 0.15) is 0 Å². The molecule has 0 heterocycles. The normalized spacial score (nSPS) is 16.0. The second kappa shape index (κ2) is 6.40. The van der Waals surface area contributed by atoms with Crippen molar-refractivity contribution in [1.82, 2.24) is 5.32 Å². The molecule has 0 aliphatic carbocycles. The minimum absolute atomic E-state index is 0.0699. The molecule has 1 atom stereocenters. The zero-order chi connectivity index (χ0) is 9.45. The number of methoxy groups -OCH3 is 1. The Labute approximate surface area is 75.1 Å². The first-order valence-corrected chi connectivity index (χ1v) is 4.53. The fourth-order valence-corrected chi connectivity index (χ4v) is 1.20. The number of hydrogen-bond donors (Lipinski definition) is 2. The number of hydrogen-bond acceptors (Lipinski definition) is 3. The molecule has 0 saturated heterocycles. The summed E-state index contributed by atoms with van der Waals surface area (Å²) in [7, 11) is 1.68. The molecular weight excluding hydrogens is 154 g/mol. The van der Waals surface area contributed by atoms with E-state index in [1.54, 1.807) is 7.11 Å². The number of aliphatic hydroxyl groups is 1. The highest BCUT2D eigenvalue weighted by molar-refractivity contribution is 4.82. The molecule has 0 fully saturated rings. The molecule has 0 bridgehead atoms. The number of nitrogens with one attached hydrogen (secondary N) is 1. The Bertz CT molecular complexity index is 101. The molecule has 2 N–H and O–H groups in total. The first kappa shape index (κ1) is 11.9. The van der Waals surface area contributed by atoms with Crippen LogP contribution in [-0.4, -0.2) is 37.5 Å². The van der Waals surface area contributed by atoms with Crippen LogP contribution in [0.2, 0.25) is 0 Å². The van der Waals surface area contributed by atoms with Gasteiger partial charge in [-0.3, -0.25) is 0 Å². The second-order valence-electron chi connectivity index (χ2n) is 3.39. The molecule has 3 heteroatoms. The lowest BCUT2D eigenvalue weighted by Crippen LogP contribution is -2.47. The molecule has 0 aliphatic rings. The molecule has 0 aromatic heterocycles. The third kappa shape index (κ3) is 4.70. The number of ether oxygens (including phenoxy) is 1. The highest BCUT2D eigenvalue weighted by Crippen LogP contribution is 2.09. The van der Waals surface area contributed by atoms with Crippen LogP contribution in [0.4, 0.5) is 0 Å². The molecule has 0 amide bonds. The molecule has 12 heavy (non-hydrogen) atoms. The van der Waals surface area contributed by atoms with Crippen LogP contribution < -0.4 is 5.32 Å². The van der Waals surface area contributed by atoms with Gasteiger partial charge in [-0.2, -0.15) is 0 Å². The zero-order valence-corrected chi connectivity index (χ0v) is 8.39. The molecule has 0 radical (unpaired) electrons. The van der Waals surface area contributed by atoms with Gasteiger partial charge >= 0.3 is 0 Å². The van der Waals surface area contributed by atoms with E-state index in [4.69, 9.17) is 9.84 Å². The Kier molecular flexibility index (Phi) is 6.34. The van der Waals surface area contributed by atoms with E-state index in [2.05, 4.69) is 19.2 Å². The van der Waals surface area contributed by atoms with E-state index in [1.807, 2.05) is 0 Å². The van der Waals surface area contributed by atoms with Crippen LogP contribution in [-0.2, 0) is 4.74 Å². The maximum absolute atomic E-state index is 8.83. The van der Waals surface area contributed by atoms with Crippen molar-refractivity contribution in [2.24, 2.45) is 0 Å². The maximum Gasteiger partial charge on any atom is 0.0642 e. The minimum atomic E-state index is -0.0699. The predicted octanol–water partition coefficient (Wildman–Crippen LogP) is 0.773. The second-order valence-corrected chi connectivity index (χ2v) is 3.39. The topological polar surface area (TPSA) is 41.5 Å². The fourth-order valence-electron chi connectivity index (χ4n) is 1.20. The highest BCUT2D eigenvalue weighted by atomic mass is 16.5. The minimum Gasteiger partial charge on any atom is -0.396 e. The molecule has 1 unspecified atom stereocenters. The van der Waals surface area contributed by atoms with Gasteiger partial charge in [-0.15, -0.1) is 0 Å². The van der Waals surface area contributed by atoms with Crippen molar-refractivity contribution in [3.05, 3.63) is 0 Å². The van der Waals surface area contributed by atoms with Crippen LogP contribution in [0.1, 0.15) is 26.7 Å². The molecule has 74 valence electrons. The van der Waals surface area contributed by atoms with Gasteiger partial charge in [0.05, 0.1) is 6.61 Å². The van der Waals surface area contributed by atoms with Crippen molar-refractivity contribution in [3.63, 3.8) is 0 Å². The maximum atomic E-state index is 8.83. The molecule has 0 rings (SSSR count). The molecule has 0 aromatic rings. The van der Waals surface area contributed by atoms with Gasteiger partial charge in [0, 0.05) is 19.3 Å². The first-order valence-electron chi connectivity index (χ1n) is 4.53. The van der Waals surface area contributed by atoms with E-state index in [0.717, 1.165) is 19.4 Å². The smallest absolute Gasteiger partial charge is 0.0642 e. The lowest BCUT2D eigenvalue weighted by atomic mass is 9.99. The SMILES string of the molecule is CCCNC(C)(CCO)COC. The summed E-state index contributed by atoms with van der Waals surface area (Å²) in [4.78, 5) is 0. The zero-order valence-electron chi connectivity index (χ0n) is 8.39. The van der Waals surface area contributed by atoms with Crippen LogP contribution in [0.3, 0.4) is 0 Å². The first-order chi connectivity index (χ1) is 5.68. The van der Waals surface area contributed by atoms with E-state index in [9.17, 15) is 0 Å². The van der Waals surface area contributed by atoms with Crippen LogP contribution in [0.15, 0.2) is 0 Å². The van der Waals surface area contributed by atoms with E-state index < -0.39 is 0 Å². The monoisotopic (exact) mass is 175 g/mol. The van der Waals surface area contributed by atoms with Gasteiger partial charge in [-0.25, -0.2) is 0 Å².